The summed E-state index contributed by atoms with van der Waals surface area (Å²) in [5, 5.41) is 8.85. The Morgan fingerprint density at radius 1 is 1.32 bits per heavy atom. The second kappa shape index (κ2) is 7.37. The lowest BCUT2D eigenvalue weighted by Gasteiger charge is -2.32. The number of hydrogen-bond donors (Lipinski definition) is 1. The Balaban J connectivity index is 1.31. The number of nitrogens with one attached hydrogen (secondary N) is 1. The first-order valence-electron chi connectivity index (χ1n) is 9.05. The van der Waals surface area contributed by atoms with Crippen LogP contribution in [-0.2, 0) is 19.5 Å². The number of benzene rings is 1. The van der Waals surface area contributed by atoms with Gasteiger partial charge in [0.15, 0.2) is 5.82 Å². The van der Waals surface area contributed by atoms with E-state index in [0.29, 0.717) is 11.9 Å². The van der Waals surface area contributed by atoms with Crippen LogP contribution in [0, 0.1) is 0 Å². The first-order chi connectivity index (χ1) is 12.3. The largest absolute Gasteiger partial charge is 0.460 e. The van der Waals surface area contributed by atoms with Gasteiger partial charge in [0, 0.05) is 24.4 Å². The third kappa shape index (κ3) is 3.91. The van der Waals surface area contributed by atoms with E-state index in [1.165, 1.54) is 12.8 Å². The van der Waals surface area contributed by atoms with Gasteiger partial charge in [0.1, 0.15) is 11.3 Å². The summed E-state index contributed by atoms with van der Waals surface area (Å²) in [5.74, 6) is 2.49. The highest BCUT2D eigenvalue weighted by atomic mass is 16.5. The Bertz CT molecular complexity index is 793. The molecule has 0 unspecified atom stereocenters. The molecule has 2 aromatic heterocycles. The predicted octanol–water partition coefficient (Wildman–Crippen LogP) is 3.13. The minimum absolute atomic E-state index is 0.458. The Hall–Kier alpha value is -2.18. The highest BCUT2D eigenvalue weighted by Crippen LogP contribution is 2.19. The molecule has 1 saturated heterocycles. The van der Waals surface area contributed by atoms with Crippen molar-refractivity contribution in [2.45, 2.75) is 45.3 Å². The number of fused-ring (bicyclic) bond motifs is 1. The van der Waals surface area contributed by atoms with Crippen molar-refractivity contribution in [2.24, 2.45) is 0 Å². The lowest BCUT2D eigenvalue weighted by atomic mass is 10.1. The molecule has 0 aliphatic carbocycles. The summed E-state index contributed by atoms with van der Waals surface area (Å²) < 4.78 is 11.1. The van der Waals surface area contributed by atoms with Crippen molar-refractivity contribution >= 4 is 11.0 Å². The molecule has 0 spiro atoms. The van der Waals surface area contributed by atoms with Gasteiger partial charge in [-0.2, -0.15) is 4.98 Å². The first-order valence-corrected chi connectivity index (χ1v) is 9.05. The number of aryl methyl sites for hydroxylation is 1. The molecule has 1 fully saturated rings. The molecule has 0 bridgehead atoms. The Labute approximate surface area is 147 Å². The lowest BCUT2D eigenvalue weighted by molar-refractivity contribution is 0.176. The van der Waals surface area contributed by atoms with E-state index in [2.05, 4.69) is 32.5 Å². The number of rotatable bonds is 6. The van der Waals surface area contributed by atoms with Gasteiger partial charge in [0.25, 0.3) is 0 Å². The summed E-state index contributed by atoms with van der Waals surface area (Å²) in [6.45, 7) is 5.62. The smallest absolute Gasteiger partial charge is 0.226 e. The van der Waals surface area contributed by atoms with Gasteiger partial charge < -0.3 is 14.3 Å². The van der Waals surface area contributed by atoms with Crippen molar-refractivity contribution < 1.29 is 8.94 Å². The summed E-state index contributed by atoms with van der Waals surface area (Å²) in [6.07, 6.45) is 3.15. The van der Waals surface area contributed by atoms with E-state index in [1.54, 1.807) is 0 Å². The van der Waals surface area contributed by atoms with Crippen LogP contribution in [0.1, 0.15) is 37.2 Å². The van der Waals surface area contributed by atoms with Gasteiger partial charge in [0.05, 0.1) is 13.1 Å². The zero-order valence-corrected chi connectivity index (χ0v) is 14.6. The number of nitrogens with zero attached hydrogens (tertiary/aromatic N) is 3. The third-order valence-corrected chi connectivity index (χ3v) is 4.72. The van der Waals surface area contributed by atoms with Crippen molar-refractivity contribution in [3.63, 3.8) is 0 Å². The molecule has 4 rings (SSSR count). The molecule has 1 atom stereocenters. The maximum atomic E-state index is 5.89. The topological polar surface area (TPSA) is 67.3 Å². The molecular formula is C19H24N4O2. The first kappa shape index (κ1) is 16.3. The van der Waals surface area contributed by atoms with Crippen molar-refractivity contribution in [1.82, 2.24) is 20.4 Å². The second-order valence-corrected chi connectivity index (χ2v) is 6.66. The third-order valence-electron chi connectivity index (χ3n) is 4.72. The molecular weight excluding hydrogens is 316 g/mol. The molecule has 0 saturated carbocycles. The SMILES string of the molecule is CCc1nc(CN2CCC[C@@H](NCc3cc4ccccc4o3)C2)no1. The fourth-order valence-electron chi connectivity index (χ4n) is 3.43. The second-order valence-electron chi connectivity index (χ2n) is 6.66. The maximum absolute atomic E-state index is 5.89. The molecule has 1 N–H and O–H groups in total. The lowest BCUT2D eigenvalue weighted by Crippen LogP contribution is -2.45. The molecule has 0 amide bonds. The molecule has 132 valence electrons. The molecule has 25 heavy (non-hydrogen) atoms. The average molecular weight is 340 g/mol. The van der Waals surface area contributed by atoms with Crippen LogP contribution in [0.15, 0.2) is 39.3 Å². The van der Waals surface area contributed by atoms with E-state index in [-0.39, 0.29) is 0 Å². The van der Waals surface area contributed by atoms with Gasteiger partial charge in [0.2, 0.25) is 5.89 Å². The van der Waals surface area contributed by atoms with Gasteiger partial charge in [-0.1, -0.05) is 30.3 Å². The van der Waals surface area contributed by atoms with Crippen LogP contribution >= 0.6 is 0 Å². The fraction of sp³-hybridized carbons (Fsp3) is 0.474. The number of aromatic nitrogens is 2. The number of hydrogen-bond acceptors (Lipinski definition) is 6. The Kier molecular flexibility index (Phi) is 4.81. The standard InChI is InChI=1S/C19H24N4O2/c1-2-19-21-18(22-25-19)13-23-9-5-7-15(12-23)20-11-16-10-14-6-3-4-8-17(14)24-16/h3-4,6,8,10,15,20H,2,5,7,9,11-13H2,1H3/t15-/m1/s1. The maximum Gasteiger partial charge on any atom is 0.226 e. The van der Waals surface area contributed by atoms with Crippen LogP contribution in [0.2, 0.25) is 0 Å². The Morgan fingerprint density at radius 2 is 2.24 bits per heavy atom. The molecule has 0 radical (unpaired) electrons. The number of furan rings is 1. The van der Waals surface area contributed by atoms with Crippen molar-refractivity contribution in [3.05, 3.63) is 47.8 Å². The van der Waals surface area contributed by atoms with Gasteiger partial charge in [-0.05, 0) is 31.5 Å². The fourth-order valence-corrected chi connectivity index (χ4v) is 3.43. The van der Waals surface area contributed by atoms with Crippen LogP contribution < -0.4 is 5.32 Å². The summed E-state index contributed by atoms with van der Waals surface area (Å²) in [6, 6.07) is 10.7. The van der Waals surface area contributed by atoms with Gasteiger partial charge in [-0.3, -0.25) is 4.90 Å². The highest BCUT2D eigenvalue weighted by Gasteiger charge is 2.21. The highest BCUT2D eigenvalue weighted by molar-refractivity contribution is 5.77. The molecule has 3 aromatic rings. The molecule has 1 aliphatic heterocycles. The van der Waals surface area contributed by atoms with Crippen LogP contribution in [-0.4, -0.2) is 34.2 Å². The van der Waals surface area contributed by atoms with E-state index < -0.39 is 0 Å². The molecule has 6 heteroatoms. The zero-order chi connectivity index (χ0) is 17.1. The van der Waals surface area contributed by atoms with Gasteiger partial charge in [-0.15, -0.1) is 0 Å². The van der Waals surface area contributed by atoms with E-state index in [9.17, 15) is 0 Å². The van der Waals surface area contributed by atoms with E-state index in [1.807, 2.05) is 25.1 Å². The van der Waals surface area contributed by atoms with Gasteiger partial charge in [-0.25, -0.2) is 0 Å². The van der Waals surface area contributed by atoms with Gasteiger partial charge >= 0.3 is 0 Å². The summed E-state index contributed by atoms with van der Waals surface area (Å²) in [7, 11) is 0. The van der Waals surface area contributed by atoms with E-state index in [0.717, 1.165) is 55.2 Å². The van der Waals surface area contributed by atoms with Crippen molar-refractivity contribution in [3.8, 4) is 0 Å². The summed E-state index contributed by atoms with van der Waals surface area (Å²) in [4.78, 5) is 6.80. The van der Waals surface area contributed by atoms with Crippen LogP contribution in [0.4, 0.5) is 0 Å². The molecule has 6 nitrogen and oxygen atoms in total. The minimum atomic E-state index is 0.458. The summed E-state index contributed by atoms with van der Waals surface area (Å²) >= 11 is 0. The molecule has 3 heterocycles. The number of para-hydroxylation sites is 1. The van der Waals surface area contributed by atoms with Crippen LogP contribution in [0.25, 0.3) is 11.0 Å². The number of piperidine rings is 1. The van der Waals surface area contributed by atoms with Crippen molar-refractivity contribution in [2.75, 3.05) is 13.1 Å². The van der Waals surface area contributed by atoms with Crippen LogP contribution in [0.3, 0.4) is 0 Å². The van der Waals surface area contributed by atoms with Crippen LogP contribution in [0.5, 0.6) is 0 Å². The van der Waals surface area contributed by atoms with E-state index in [4.69, 9.17) is 8.94 Å². The average Bonchev–Trinajstić information content (AvgIpc) is 3.26. The van der Waals surface area contributed by atoms with E-state index >= 15 is 0 Å². The predicted molar refractivity (Wildman–Crippen MR) is 95.0 cm³/mol. The monoisotopic (exact) mass is 340 g/mol. The molecule has 1 aliphatic rings. The van der Waals surface area contributed by atoms with Crippen molar-refractivity contribution in [1.29, 1.82) is 0 Å². The molecule has 1 aromatic carbocycles. The number of likely N-dealkylation sites (tertiary alicyclic amines) is 1. The summed E-state index contributed by atoms with van der Waals surface area (Å²) in [5.41, 5.74) is 0.952. The minimum Gasteiger partial charge on any atom is -0.460 e. The Morgan fingerprint density at radius 3 is 3.08 bits per heavy atom. The normalized spacial score (nSPS) is 18.8. The zero-order valence-electron chi connectivity index (χ0n) is 14.6. The quantitative estimate of drug-likeness (QED) is 0.743.